The highest BCUT2D eigenvalue weighted by Gasteiger charge is 2.05. The summed E-state index contributed by atoms with van der Waals surface area (Å²) in [5.41, 5.74) is 5.41. The smallest absolute Gasteiger partial charge is 0.262 e. The maximum absolute atomic E-state index is 11.6. The van der Waals surface area contributed by atoms with Crippen LogP contribution in [-0.4, -0.2) is 14.7 Å². The summed E-state index contributed by atoms with van der Waals surface area (Å²) in [5, 5.41) is 9.79. The van der Waals surface area contributed by atoms with Gasteiger partial charge in [0.05, 0.1) is 18.4 Å². The quantitative estimate of drug-likeness (QED) is 0.665. The van der Waals surface area contributed by atoms with Crippen molar-refractivity contribution < 1.29 is 5.11 Å². The van der Waals surface area contributed by atoms with Gasteiger partial charge in [0.25, 0.3) is 5.56 Å². The van der Waals surface area contributed by atoms with E-state index in [0.29, 0.717) is 10.9 Å². The largest absolute Gasteiger partial charge is 0.506 e. The zero-order valence-corrected chi connectivity index (χ0v) is 7.34. The summed E-state index contributed by atoms with van der Waals surface area (Å²) in [6.45, 7) is 0.0808. The van der Waals surface area contributed by atoms with Crippen molar-refractivity contribution in [1.29, 1.82) is 0 Å². The summed E-state index contributed by atoms with van der Waals surface area (Å²) in [6.07, 6.45) is 1.32. The van der Waals surface area contributed by atoms with Crippen molar-refractivity contribution in [2.75, 3.05) is 0 Å². The van der Waals surface area contributed by atoms with Gasteiger partial charge in [-0.05, 0) is 12.1 Å². The lowest BCUT2D eigenvalue weighted by atomic mass is 10.2. The third-order valence-corrected chi connectivity index (χ3v) is 2.03. The summed E-state index contributed by atoms with van der Waals surface area (Å²) >= 11 is 0. The normalized spacial score (nSPS) is 10.6. The van der Waals surface area contributed by atoms with Crippen molar-refractivity contribution in [3.05, 3.63) is 34.9 Å². The van der Waals surface area contributed by atoms with Crippen LogP contribution in [0.1, 0.15) is 0 Å². The van der Waals surface area contributed by atoms with Crippen molar-refractivity contribution in [3.8, 4) is 5.75 Å². The Morgan fingerprint density at radius 3 is 3.00 bits per heavy atom. The predicted molar refractivity (Wildman–Crippen MR) is 51.9 cm³/mol. The van der Waals surface area contributed by atoms with Gasteiger partial charge < -0.3 is 10.8 Å². The summed E-state index contributed by atoms with van der Waals surface area (Å²) in [5.74, 6) is 0.00349. The lowest BCUT2D eigenvalue weighted by Crippen LogP contribution is -2.24. The molecule has 1 heterocycles. The van der Waals surface area contributed by atoms with Gasteiger partial charge in [0.1, 0.15) is 11.3 Å². The molecule has 0 bridgehead atoms. The molecule has 2 rings (SSSR count). The van der Waals surface area contributed by atoms with Crippen LogP contribution in [-0.2, 0) is 6.67 Å². The Kier molecular flexibility index (Phi) is 1.94. The van der Waals surface area contributed by atoms with Crippen molar-refractivity contribution in [2.45, 2.75) is 6.67 Å². The van der Waals surface area contributed by atoms with Gasteiger partial charge in [-0.2, -0.15) is 0 Å². The Hall–Kier alpha value is -1.88. The van der Waals surface area contributed by atoms with Crippen LogP contribution in [0.4, 0.5) is 0 Å². The van der Waals surface area contributed by atoms with Crippen LogP contribution in [0.5, 0.6) is 5.75 Å². The number of para-hydroxylation sites is 1. The molecule has 0 radical (unpaired) electrons. The fraction of sp³-hybridized carbons (Fsp3) is 0.111. The van der Waals surface area contributed by atoms with Gasteiger partial charge in [-0.3, -0.25) is 9.36 Å². The van der Waals surface area contributed by atoms with Gasteiger partial charge in [-0.25, -0.2) is 4.98 Å². The second-order valence-electron chi connectivity index (χ2n) is 2.88. The molecule has 5 nitrogen and oxygen atoms in total. The van der Waals surface area contributed by atoms with Crippen LogP contribution >= 0.6 is 0 Å². The molecule has 0 aliphatic rings. The van der Waals surface area contributed by atoms with Gasteiger partial charge in [-0.1, -0.05) is 6.07 Å². The highest BCUT2D eigenvalue weighted by Crippen LogP contribution is 2.18. The Morgan fingerprint density at radius 1 is 1.50 bits per heavy atom. The highest BCUT2D eigenvalue weighted by molar-refractivity contribution is 5.82. The first kappa shape index (κ1) is 8.71. The van der Waals surface area contributed by atoms with Crippen LogP contribution in [0.2, 0.25) is 0 Å². The molecular weight excluding hydrogens is 182 g/mol. The molecule has 0 fully saturated rings. The molecule has 0 aliphatic carbocycles. The molecule has 1 aromatic heterocycles. The number of aromatic nitrogens is 2. The number of hydrogen-bond acceptors (Lipinski definition) is 4. The first-order chi connectivity index (χ1) is 6.74. The predicted octanol–water partition coefficient (Wildman–Crippen LogP) is 0.0183. The van der Waals surface area contributed by atoms with E-state index in [1.54, 1.807) is 12.1 Å². The topological polar surface area (TPSA) is 81.1 Å². The number of benzene rings is 1. The van der Waals surface area contributed by atoms with E-state index in [1.165, 1.54) is 17.0 Å². The number of aromatic hydroxyl groups is 1. The van der Waals surface area contributed by atoms with Crippen molar-refractivity contribution in [2.24, 2.45) is 5.73 Å². The summed E-state index contributed by atoms with van der Waals surface area (Å²) in [6, 6.07) is 4.69. The fourth-order valence-electron chi connectivity index (χ4n) is 1.30. The molecule has 0 saturated carbocycles. The number of phenols is 1. The minimum absolute atomic E-state index is 0.00349. The van der Waals surface area contributed by atoms with Crippen LogP contribution < -0.4 is 11.3 Å². The molecule has 0 unspecified atom stereocenters. The molecule has 0 atom stereocenters. The standard InChI is InChI=1S/C9H9N3O2/c10-4-12-5-11-8-6(9(12)14)2-1-3-7(8)13/h1-3,5,13H,4,10H2. The molecule has 3 N–H and O–H groups in total. The van der Waals surface area contributed by atoms with E-state index in [-0.39, 0.29) is 18.0 Å². The Morgan fingerprint density at radius 2 is 2.29 bits per heavy atom. The molecule has 0 saturated heterocycles. The Bertz CT molecular complexity index is 533. The summed E-state index contributed by atoms with van der Waals surface area (Å²) < 4.78 is 1.28. The van der Waals surface area contributed by atoms with E-state index in [9.17, 15) is 9.90 Å². The minimum atomic E-state index is -0.242. The van der Waals surface area contributed by atoms with Crippen molar-refractivity contribution >= 4 is 10.9 Å². The Balaban J connectivity index is 2.91. The minimum Gasteiger partial charge on any atom is -0.506 e. The van der Waals surface area contributed by atoms with Crippen LogP contribution in [0.3, 0.4) is 0 Å². The molecular formula is C9H9N3O2. The van der Waals surface area contributed by atoms with Gasteiger partial charge in [0.15, 0.2) is 0 Å². The van der Waals surface area contributed by atoms with Crippen molar-refractivity contribution in [3.63, 3.8) is 0 Å². The van der Waals surface area contributed by atoms with Gasteiger partial charge >= 0.3 is 0 Å². The number of hydrogen-bond donors (Lipinski definition) is 2. The maximum Gasteiger partial charge on any atom is 0.262 e. The SMILES string of the molecule is NCn1cnc2c(O)cccc2c1=O. The van der Waals surface area contributed by atoms with E-state index in [4.69, 9.17) is 5.73 Å². The number of fused-ring (bicyclic) bond motifs is 1. The number of nitrogens with zero attached hydrogens (tertiary/aromatic N) is 2. The zero-order valence-electron chi connectivity index (χ0n) is 7.34. The van der Waals surface area contributed by atoms with Crippen LogP contribution in [0.15, 0.2) is 29.3 Å². The van der Waals surface area contributed by atoms with E-state index < -0.39 is 0 Å². The first-order valence-electron chi connectivity index (χ1n) is 4.11. The molecule has 0 amide bonds. The molecule has 5 heteroatoms. The monoisotopic (exact) mass is 191 g/mol. The average Bonchev–Trinajstić information content (AvgIpc) is 2.20. The molecule has 72 valence electrons. The third-order valence-electron chi connectivity index (χ3n) is 2.03. The molecule has 14 heavy (non-hydrogen) atoms. The molecule has 0 spiro atoms. The van der Waals surface area contributed by atoms with Gasteiger partial charge in [0, 0.05) is 0 Å². The first-order valence-corrected chi connectivity index (χ1v) is 4.11. The maximum atomic E-state index is 11.6. The zero-order chi connectivity index (χ0) is 10.1. The second kappa shape index (κ2) is 3.12. The lowest BCUT2D eigenvalue weighted by Gasteiger charge is -2.03. The Labute approximate surface area is 79.4 Å². The van der Waals surface area contributed by atoms with E-state index in [2.05, 4.69) is 4.98 Å². The van der Waals surface area contributed by atoms with Crippen molar-refractivity contribution in [1.82, 2.24) is 9.55 Å². The second-order valence-corrected chi connectivity index (χ2v) is 2.88. The fourth-order valence-corrected chi connectivity index (χ4v) is 1.30. The third kappa shape index (κ3) is 1.14. The van der Waals surface area contributed by atoms with E-state index >= 15 is 0 Å². The summed E-state index contributed by atoms with van der Waals surface area (Å²) in [7, 11) is 0. The van der Waals surface area contributed by atoms with E-state index in [1.807, 2.05) is 0 Å². The lowest BCUT2D eigenvalue weighted by molar-refractivity contribution is 0.480. The van der Waals surface area contributed by atoms with Crippen LogP contribution in [0, 0.1) is 0 Å². The van der Waals surface area contributed by atoms with Crippen LogP contribution in [0.25, 0.3) is 10.9 Å². The van der Waals surface area contributed by atoms with Gasteiger partial charge in [-0.15, -0.1) is 0 Å². The highest BCUT2D eigenvalue weighted by atomic mass is 16.3. The number of phenolic OH excluding ortho intramolecular Hbond substituents is 1. The molecule has 0 aliphatic heterocycles. The average molecular weight is 191 g/mol. The van der Waals surface area contributed by atoms with Gasteiger partial charge in [0.2, 0.25) is 0 Å². The number of rotatable bonds is 1. The molecule has 1 aromatic carbocycles. The number of nitrogens with two attached hydrogens (primary N) is 1. The summed E-state index contributed by atoms with van der Waals surface area (Å²) in [4.78, 5) is 15.6. The molecule has 2 aromatic rings. The van der Waals surface area contributed by atoms with E-state index in [0.717, 1.165) is 0 Å².